The lowest BCUT2D eigenvalue weighted by atomic mass is 10.0. The summed E-state index contributed by atoms with van der Waals surface area (Å²) in [6, 6.07) is 26.2. The molecule has 2 saturated heterocycles. The van der Waals surface area contributed by atoms with Crippen molar-refractivity contribution in [3.63, 3.8) is 0 Å². The third-order valence-electron chi connectivity index (χ3n) is 9.49. The summed E-state index contributed by atoms with van der Waals surface area (Å²) in [7, 11) is 0. The van der Waals surface area contributed by atoms with Crippen molar-refractivity contribution in [2.45, 2.75) is 38.1 Å². The van der Waals surface area contributed by atoms with Crippen molar-refractivity contribution in [1.82, 2.24) is 19.8 Å². The van der Waals surface area contributed by atoms with Gasteiger partial charge >= 0.3 is 18.2 Å². The number of nitrogens with zero attached hydrogens (tertiary/aromatic N) is 7. The standard InChI is InChI=1S/C37H39N7O6/c38-15-13-28-21-42(17-18-44(28)37(47)50-24-26-7-2-1-3-8-26)34-31-14-16-41(33-12-6-10-27-9-4-5-11-30(27)33)23-32(31)39-35(40-34)49-25-29-22-43(36(45)46)19-20-48-29/h1-12,28-29H,13-14,16-25H2,(H,45,46)/t28-,29+/m0/s1. The summed E-state index contributed by atoms with van der Waals surface area (Å²) in [6.07, 6.45) is -1.07. The van der Waals surface area contributed by atoms with Crippen molar-refractivity contribution in [2.24, 2.45) is 0 Å². The molecule has 7 rings (SSSR count). The number of hydrogen-bond donors (Lipinski definition) is 1. The molecule has 3 aliphatic heterocycles. The van der Waals surface area contributed by atoms with E-state index in [1.807, 2.05) is 42.5 Å². The van der Waals surface area contributed by atoms with Gasteiger partial charge in [-0.25, -0.2) is 9.59 Å². The highest BCUT2D eigenvalue weighted by Crippen LogP contribution is 2.35. The van der Waals surface area contributed by atoms with Gasteiger partial charge in [-0.15, -0.1) is 0 Å². The molecule has 13 nitrogen and oxygen atoms in total. The summed E-state index contributed by atoms with van der Waals surface area (Å²) in [4.78, 5) is 42.0. The Hall–Kier alpha value is -5.61. The lowest BCUT2D eigenvalue weighted by Crippen LogP contribution is -2.55. The highest BCUT2D eigenvalue weighted by Gasteiger charge is 2.35. The van der Waals surface area contributed by atoms with Crippen LogP contribution in [0.2, 0.25) is 0 Å². The number of piperazine rings is 1. The number of aromatic nitrogens is 2. The van der Waals surface area contributed by atoms with Crippen molar-refractivity contribution < 1.29 is 28.9 Å². The number of amides is 2. The van der Waals surface area contributed by atoms with E-state index in [9.17, 15) is 20.0 Å². The summed E-state index contributed by atoms with van der Waals surface area (Å²) in [5, 5.41) is 21.5. The van der Waals surface area contributed by atoms with E-state index >= 15 is 0 Å². The number of carboxylic acid groups (broad SMARTS) is 1. The smallest absolute Gasteiger partial charge is 0.410 e. The molecule has 0 bridgehead atoms. The van der Waals surface area contributed by atoms with E-state index in [0.29, 0.717) is 39.1 Å². The number of anilines is 2. The molecule has 50 heavy (non-hydrogen) atoms. The minimum Gasteiger partial charge on any atom is -0.465 e. The summed E-state index contributed by atoms with van der Waals surface area (Å²) >= 11 is 0. The zero-order valence-electron chi connectivity index (χ0n) is 27.7. The average molecular weight is 678 g/mol. The van der Waals surface area contributed by atoms with E-state index in [-0.39, 0.29) is 38.8 Å². The molecule has 1 N–H and O–H groups in total. The third-order valence-corrected chi connectivity index (χ3v) is 9.49. The van der Waals surface area contributed by atoms with E-state index in [0.717, 1.165) is 45.6 Å². The van der Waals surface area contributed by atoms with Crippen molar-refractivity contribution in [2.75, 3.05) is 62.3 Å². The van der Waals surface area contributed by atoms with E-state index in [2.05, 4.69) is 46.2 Å². The van der Waals surface area contributed by atoms with Crippen molar-refractivity contribution in [3.05, 3.63) is 89.6 Å². The first-order valence-corrected chi connectivity index (χ1v) is 16.9. The van der Waals surface area contributed by atoms with Crippen molar-refractivity contribution >= 4 is 34.5 Å². The summed E-state index contributed by atoms with van der Waals surface area (Å²) in [5.41, 5.74) is 3.86. The van der Waals surface area contributed by atoms with Crippen LogP contribution >= 0.6 is 0 Å². The number of carbonyl (C=O) groups is 2. The van der Waals surface area contributed by atoms with E-state index in [1.165, 1.54) is 4.90 Å². The van der Waals surface area contributed by atoms with Crippen LogP contribution in [0.5, 0.6) is 6.01 Å². The van der Waals surface area contributed by atoms with Gasteiger partial charge in [-0.3, -0.25) is 0 Å². The zero-order valence-corrected chi connectivity index (χ0v) is 27.7. The number of nitriles is 1. The summed E-state index contributed by atoms with van der Waals surface area (Å²) in [5.74, 6) is 0.722. The first kappa shape index (κ1) is 32.9. The molecule has 2 atom stereocenters. The predicted octanol–water partition coefficient (Wildman–Crippen LogP) is 4.69. The molecule has 1 aromatic heterocycles. The Labute approximate surface area is 290 Å². The Morgan fingerprint density at radius 2 is 1.76 bits per heavy atom. The van der Waals surface area contributed by atoms with Crippen molar-refractivity contribution in [3.8, 4) is 12.1 Å². The molecule has 0 spiro atoms. The molecular formula is C37H39N7O6. The third kappa shape index (κ3) is 7.21. The summed E-state index contributed by atoms with van der Waals surface area (Å²) in [6.45, 7) is 3.56. The van der Waals surface area contributed by atoms with Crippen LogP contribution in [-0.2, 0) is 29.0 Å². The van der Waals surface area contributed by atoms with Crippen LogP contribution in [0.1, 0.15) is 23.2 Å². The lowest BCUT2D eigenvalue weighted by Gasteiger charge is -2.42. The molecule has 2 amide bonds. The minimum atomic E-state index is -0.992. The fourth-order valence-corrected chi connectivity index (χ4v) is 6.94. The average Bonchev–Trinajstić information content (AvgIpc) is 3.16. The Balaban J connectivity index is 1.14. The normalized spacial score (nSPS) is 19.1. The number of ether oxygens (including phenoxy) is 3. The molecule has 4 heterocycles. The highest BCUT2D eigenvalue weighted by molar-refractivity contribution is 5.94. The molecule has 258 valence electrons. The second kappa shape index (κ2) is 14.9. The number of carbonyl (C=O) groups excluding carboxylic acids is 1. The Kier molecular flexibility index (Phi) is 9.79. The Morgan fingerprint density at radius 1 is 0.940 bits per heavy atom. The maximum absolute atomic E-state index is 13.2. The molecule has 0 aliphatic carbocycles. The molecule has 13 heteroatoms. The molecule has 0 radical (unpaired) electrons. The maximum Gasteiger partial charge on any atom is 0.410 e. The van der Waals surface area contributed by atoms with E-state index < -0.39 is 24.3 Å². The quantitative estimate of drug-likeness (QED) is 0.277. The van der Waals surface area contributed by atoms with E-state index in [1.54, 1.807) is 4.90 Å². The van der Waals surface area contributed by atoms with Crippen LogP contribution in [0.3, 0.4) is 0 Å². The first-order valence-electron chi connectivity index (χ1n) is 16.9. The molecule has 3 aromatic carbocycles. The number of hydrogen-bond acceptors (Lipinski definition) is 10. The van der Waals surface area contributed by atoms with Gasteiger partial charge in [0.15, 0.2) is 0 Å². The second-order valence-corrected chi connectivity index (χ2v) is 12.7. The first-order chi connectivity index (χ1) is 24.5. The predicted molar refractivity (Wildman–Crippen MR) is 185 cm³/mol. The fourth-order valence-electron chi connectivity index (χ4n) is 6.94. The molecule has 2 fully saturated rings. The highest BCUT2D eigenvalue weighted by atomic mass is 16.6. The van der Waals surface area contributed by atoms with Gasteiger partial charge in [0, 0.05) is 49.4 Å². The van der Waals surface area contributed by atoms with Gasteiger partial charge in [0.05, 0.1) is 43.9 Å². The lowest BCUT2D eigenvalue weighted by molar-refractivity contribution is -0.0425. The van der Waals surface area contributed by atoms with Gasteiger partial charge < -0.3 is 38.9 Å². The number of morpholine rings is 1. The van der Waals surface area contributed by atoms with Crippen LogP contribution in [0, 0.1) is 11.3 Å². The summed E-state index contributed by atoms with van der Waals surface area (Å²) < 4.78 is 17.6. The van der Waals surface area contributed by atoms with Crippen LogP contribution in [0.15, 0.2) is 72.8 Å². The topological polar surface area (TPSA) is 145 Å². The SMILES string of the molecule is N#CC[C@H]1CN(c2nc(OC[C@H]3CN(C(=O)O)CCO3)nc3c2CCN(c2cccc4ccccc24)C3)CCN1C(=O)OCc1ccccc1. The second-order valence-electron chi connectivity index (χ2n) is 12.7. The van der Waals surface area contributed by atoms with E-state index in [4.69, 9.17) is 24.2 Å². The fraction of sp³-hybridized carbons (Fsp3) is 0.378. The van der Waals surface area contributed by atoms with Gasteiger partial charge in [-0.05, 0) is 23.4 Å². The molecule has 4 aromatic rings. The number of fused-ring (bicyclic) bond motifs is 2. The van der Waals surface area contributed by atoms with Crippen molar-refractivity contribution in [1.29, 1.82) is 5.26 Å². The minimum absolute atomic E-state index is 0.0904. The van der Waals surface area contributed by atoms with Crippen LogP contribution in [0.4, 0.5) is 21.1 Å². The van der Waals surface area contributed by atoms with Gasteiger partial charge in [0.2, 0.25) is 0 Å². The Bertz CT molecular complexity index is 1880. The monoisotopic (exact) mass is 677 g/mol. The molecule has 3 aliphatic rings. The van der Waals surface area contributed by atoms with Gasteiger partial charge in [0.1, 0.15) is 25.1 Å². The van der Waals surface area contributed by atoms with Crippen LogP contribution < -0.4 is 14.5 Å². The van der Waals surface area contributed by atoms with Crippen LogP contribution in [-0.4, -0.2) is 102 Å². The molecule has 0 unspecified atom stereocenters. The van der Waals surface area contributed by atoms with Gasteiger partial charge in [-0.2, -0.15) is 15.2 Å². The Morgan fingerprint density at radius 3 is 2.60 bits per heavy atom. The maximum atomic E-state index is 13.2. The molecular weight excluding hydrogens is 638 g/mol. The zero-order chi connectivity index (χ0) is 34.5. The number of benzene rings is 3. The van der Waals surface area contributed by atoms with Crippen LogP contribution in [0.25, 0.3) is 10.8 Å². The van der Waals surface area contributed by atoms with Gasteiger partial charge in [-0.1, -0.05) is 66.7 Å². The molecule has 0 saturated carbocycles. The number of rotatable bonds is 8. The largest absolute Gasteiger partial charge is 0.465 e. The van der Waals surface area contributed by atoms with Gasteiger partial charge in [0.25, 0.3) is 0 Å².